The van der Waals surface area contributed by atoms with Gasteiger partial charge in [-0.2, -0.15) is 0 Å². The standard InChI is InChI=1S/C16H23NO2/c1-16(2)14-6-5-11(18-4)9-12(14)13-10-17(3)8-7-15(13)19-16/h5-6,9,13,15H,7-8,10H2,1-4H3/t13-,15+/m1/s1. The van der Waals surface area contributed by atoms with Crippen LogP contribution >= 0.6 is 0 Å². The molecular formula is C16H23NO2. The van der Waals surface area contributed by atoms with Crippen molar-refractivity contribution >= 4 is 0 Å². The summed E-state index contributed by atoms with van der Waals surface area (Å²) < 4.78 is 11.8. The first-order valence-electron chi connectivity index (χ1n) is 7.06. The number of fused-ring (bicyclic) bond motifs is 3. The quantitative estimate of drug-likeness (QED) is 0.776. The van der Waals surface area contributed by atoms with E-state index in [4.69, 9.17) is 9.47 Å². The minimum absolute atomic E-state index is 0.196. The Balaban J connectivity index is 2.08. The minimum atomic E-state index is -0.196. The summed E-state index contributed by atoms with van der Waals surface area (Å²) in [5.41, 5.74) is 2.52. The predicted molar refractivity (Wildman–Crippen MR) is 75.7 cm³/mol. The molecule has 2 aliphatic rings. The van der Waals surface area contributed by atoms with Gasteiger partial charge in [-0.05, 0) is 50.6 Å². The van der Waals surface area contributed by atoms with Crippen molar-refractivity contribution in [3.05, 3.63) is 29.3 Å². The van der Waals surface area contributed by atoms with Crippen molar-refractivity contribution in [3.63, 3.8) is 0 Å². The molecule has 0 radical (unpaired) electrons. The van der Waals surface area contributed by atoms with Crippen LogP contribution in [0.5, 0.6) is 5.75 Å². The molecule has 0 bridgehead atoms. The van der Waals surface area contributed by atoms with Gasteiger partial charge in [-0.25, -0.2) is 0 Å². The fraction of sp³-hybridized carbons (Fsp3) is 0.625. The fourth-order valence-electron chi connectivity index (χ4n) is 3.50. The number of hydrogen-bond acceptors (Lipinski definition) is 3. The van der Waals surface area contributed by atoms with Gasteiger partial charge < -0.3 is 14.4 Å². The molecule has 3 nitrogen and oxygen atoms in total. The number of ether oxygens (including phenoxy) is 2. The van der Waals surface area contributed by atoms with Crippen LogP contribution in [0.15, 0.2) is 18.2 Å². The van der Waals surface area contributed by atoms with Gasteiger partial charge in [0.2, 0.25) is 0 Å². The van der Waals surface area contributed by atoms with Crippen molar-refractivity contribution < 1.29 is 9.47 Å². The lowest BCUT2D eigenvalue weighted by Crippen LogP contribution is -2.47. The first kappa shape index (κ1) is 12.9. The van der Waals surface area contributed by atoms with Crippen LogP contribution < -0.4 is 4.74 Å². The Bertz CT molecular complexity index is 484. The van der Waals surface area contributed by atoms with Gasteiger partial charge in [0, 0.05) is 19.0 Å². The van der Waals surface area contributed by atoms with E-state index >= 15 is 0 Å². The van der Waals surface area contributed by atoms with Gasteiger partial charge in [-0.15, -0.1) is 0 Å². The number of nitrogens with zero attached hydrogens (tertiary/aromatic N) is 1. The van der Waals surface area contributed by atoms with Crippen LogP contribution in [0.25, 0.3) is 0 Å². The summed E-state index contributed by atoms with van der Waals surface area (Å²) in [7, 11) is 3.92. The van der Waals surface area contributed by atoms with Crippen LogP contribution in [0, 0.1) is 0 Å². The lowest BCUT2D eigenvalue weighted by molar-refractivity contribution is -0.118. The summed E-state index contributed by atoms with van der Waals surface area (Å²) in [6, 6.07) is 6.41. The number of rotatable bonds is 1. The number of methoxy groups -OCH3 is 1. The Hall–Kier alpha value is -1.06. The Kier molecular flexibility index (Phi) is 3.06. The van der Waals surface area contributed by atoms with Crippen molar-refractivity contribution in [1.29, 1.82) is 0 Å². The highest BCUT2D eigenvalue weighted by Crippen LogP contribution is 2.45. The van der Waals surface area contributed by atoms with Gasteiger partial charge in [0.1, 0.15) is 5.75 Å². The molecule has 3 rings (SSSR count). The number of likely N-dealkylation sites (tertiary alicyclic amines) is 1. The first-order chi connectivity index (χ1) is 9.01. The highest BCUT2D eigenvalue weighted by atomic mass is 16.5. The van der Waals surface area contributed by atoms with Crippen LogP contribution in [-0.2, 0) is 10.3 Å². The lowest BCUT2D eigenvalue weighted by Gasteiger charge is -2.47. The van der Waals surface area contributed by atoms with Crippen LogP contribution in [0.2, 0.25) is 0 Å². The van der Waals surface area contributed by atoms with Gasteiger partial charge >= 0.3 is 0 Å². The van der Waals surface area contributed by atoms with Crippen LogP contribution in [-0.4, -0.2) is 38.3 Å². The summed E-state index contributed by atoms with van der Waals surface area (Å²) in [5, 5.41) is 0. The molecule has 0 unspecified atom stereocenters. The molecule has 1 aromatic carbocycles. The van der Waals surface area contributed by atoms with Crippen LogP contribution in [0.1, 0.15) is 37.3 Å². The lowest BCUT2D eigenvalue weighted by atomic mass is 9.77. The zero-order valence-electron chi connectivity index (χ0n) is 12.3. The first-order valence-corrected chi connectivity index (χ1v) is 7.06. The van der Waals surface area contributed by atoms with E-state index in [0.29, 0.717) is 12.0 Å². The molecular weight excluding hydrogens is 238 g/mol. The molecule has 19 heavy (non-hydrogen) atoms. The second-order valence-corrected chi connectivity index (χ2v) is 6.28. The zero-order valence-corrected chi connectivity index (χ0v) is 12.3. The zero-order chi connectivity index (χ0) is 13.6. The van der Waals surface area contributed by atoms with Crippen molar-refractivity contribution in [3.8, 4) is 5.75 Å². The van der Waals surface area contributed by atoms with Crippen molar-refractivity contribution in [1.82, 2.24) is 4.90 Å². The van der Waals surface area contributed by atoms with Gasteiger partial charge in [0.05, 0.1) is 18.8 Å². The average Bonchev–Trinajstić information content (AvgIpc) is 2.39. The normalized spacial score (nSPS) is 29.5. The van der Waals surface area contributed by atoms with E-state index in [1.54, 1.807) is 7.11 Å². The summed E-state index contributed by atoms with van der Waals surface area (Å²) in [4.78, 5) is 2.39. The molecule has 3 heteroatoms. The number of piperidine rings is 1. The van der Waals surface area contributed by atoms with Gasteiger partial charge in [-0.1, -0.05) is 6.07 Å². The van der Waals surface area contributed by atoms with Crippen molar-refractivity contribution in [2.24, 2.45) is 0 Å². The third-order valence-electron chi connectivity index (χ3n) is 4.51. The maximum absolute atomic E-state index is 6.36. The molecule has 0 aromatic heterocycles. The highest BCUT2D eigenvalue weighted by Gasteiger charge is 2.42. The van der Waals surface area contributed by atoms with E-state index in [0.717, 1.165) is 25.3 Å². The van der Waals surface area contributed by atoms with Crippen molar-refractivity contribution in [2.75, 3.05) is 27.2 Å². The predicted octanol–water partition coefficient (Wildman–Crippen LogP) is 2.75. The van der Waals surface area contributed by atoms with Crippen molar-refractivity contribution in [2.45, 2.75) is 37.9 Å². The van der Waals surface area contributed by atoms with Gasteiger partial charge in [-0.3, -0.25) is 0 Å². The molecule has 1 saturated heterocycles. The largest absolute Gasteiger partial charge is 0.497 e. The Morgan fingerprint density at radius 3 is 2.89 bits per heavy atom. The Morgan fingerprint density at radius 2 is 2.16 bits per heavy atom. The molecule has 0 aliphatic carbocycles. The molecule has 2 atom stereocenters. The Labute approximate surface area is 115 Å². The van der Waals surface area contributed by atoms with Gasteiger partial charge in [0.25, 0.3) is 0 Å². The van der Waals surface area contributed by atoms with Crippen LogP contribution in [0.4, 0.5) is 0 Å². The second kappa shape index (κ2) is 4.50. The van der Waals surface area contributed by atoms with Crippen LogP contribution in [0.3, 0.4) is 0 Å². The summed E-state index contributed by atoms with van der Waals surface area (Å²) in [6.07, 6.45) is 1.45. The maximum Gasteiger partial charge on any atom is 0.119 e. The minimum Gasteiger partial charge on any atom is -0.497 e. The summed E-state index contributed by atoms with van der Waals surface area (Å²) in [6.45, 7) is 6.54. The molecule has 0 saturated carbocycles. The molecule has 2 aliphatic heterocycles. The molecule has 1 aromatic rings. The van der Waals surface area contributed by atoms with E-state index in [2.05, 4.69) is 37.9 Å². The summed E-state index contributed by atoms with van der Waals surface area (Å²) in [5.74, 6) is 1.42. The second-order valence-electron chi connectivity index (χ2n) is 6.28. The molecule has 0 amide bonds. The van der Waals surface area contributed by atoms with E-state index in [9.17, 15) is 0 Å². The molecule has 2 heterocycles. The van der Waals surface area contributed by atoms with E-state index < -0.39 is 0 Å². The highest BCUT2D eigenvalue weighted by molar-refractivity contribution is 5.43. The summed E-state index contributed by atoms with van der Waals surface area (Å²) >= 11 is 0. The maximum atomic E-state index is 6.36. The molecule has 104 valence electrons. The SMILES string of the molecule is COc1ccc2c(c1)[C@H]1CN(C)CC[C@@H]1OC2(C)C. The molecule has 0 N–H and O–H groups in total. The molecule has 0 spiro atoms. The van der Waals surface area contributed by atoms with E-state index in [1.807, 2.05) is 6.07 Å². The smallest absolute Gasteiger partial charge is 0.119 e. The fourth-order valence-corrected chi connectivity index (χ4v) is 3.50. The number of benzene rings is 1. The monoisotopic (exact) mass is 261 g/mol. The number of likely N-dealkylation sites (N-methyl/N-ethyl adjacent to an activating group) is 1. The number of hydrogen-bond donors (Lipinski definition) is 0. The third-order valence-corrected chi connectivity index (χ3v) is 4.51. The van der Waals surface area contributed by atoms with E-state index in [-0.39, 0.29) is 5.60 Å². The van der Waals surface area contributed by atoms with E-state index in [1.165, 1.54) is 11.1 Å². The van der Waals surface area contributed by atoms with Gasteiger partial charge in [0.15, 0.2) is 0 Å². The molecule has 1 fully saturated rings. The third kappa shape index (κ3) is 2.15. The Morgan fingerprint density at radius 1 is 1.37 bits per heavy atom. The average molecular weight is 261 g/mol. The topological polar surface area (TPSA) is 21.7 Å².